The van der Waals surface area contributed by atoms with Crippen LogP contribution in [0.25, 0.3) is 21.3 Å². The summed E-state index contributed by atoms with van der Waals surface area (Å²) in [4.78, 5) is 42.1. The minimum atomic E-state index is -0.476. The number of thioether (sulfide) groups is 1. The number of oxazole rings is 1. The van der Waals surface area contributed by atoms with Gasteiger partial charge in [-0.1, -0.05) is 17.8 Å². The number of benzene rings is 1. The van der Waals surface area contributed by atoms with Gasteiger partial charge in [-0.15, -0.1) is 17.9 Å². The van der Waals surface area contributed by atoms with Crippen molar-refractivity contribution in [1.29, 1.82) is 0 Å². The third-order valence-electron chi connectivity index (χ3n) is 4.31. The first-order chi connectivity index (χ1) is 13.5. The molecule has 0 atom stereocenters. The van der Waals surface area contributed by atoms with Crippen LogP contribution in [0.15, 0.2) is 61.5 Å². The van der Waals surface area contributed by atoms with Gasteiger partial charge < -0.3 is 4.42 Å². The van der Waals surface area contributed by atoms with Crippen molar-refractivity contribution in [2.45, 2.75) is 11.7 Å². The zero-order valence-electron chi connectivity index (χ0n) is 14.9. The van der Waals surface area contributed by atoms with Crippen LogP contribution in [0.5, 0.6) is 0 Å². The predicted molar refractivity (Wildman–Crippen MR) is 111 cm³/mol. The van der Waals surface area contributed by atoms with Gasteiger partial charge in [0.05, 0.1) is 16.7 Å². The molecule has 7 nitrogen and oxygen atoms in total. The quantitative estimate of drug-likeness (QED) is 0.209. The largest absolute Gasteiger partial charge is 0.419 e. The molecule has 1 aromatic carbocycles. The number of nitrogens with zero attached hydrogens (tertiary/aromatic N) is 3. The molecule has 4 rings (SSSR count). The third-order valence-corrected chi connectivity index (χ3v) is 6.09. The summed E-state index contributed by atoms with van der Waals surface area (Å²) in [6.45, 7) is 4.00. The lowest BCUT2D eigenvalue weighted by molar-refractivity contribution is 0.102. The molecule has 0 aliphatic rings. The monoisotopic (exact) mass is 413 g/mol. The van der Waals surface area contributed by atoms with Crippen molar-refractivity contribution in [3.63, 3.8) is 0 Å². The molecule has 0 bridgehead atoms. The van der Waals surface area contributed by atoms with Crippen molar-refractivity contribution in [3.05, 3.63) is 68.8 Å². The molecule has 0 aliphatic carbocycles. The van der Waals surface area contributed by atoms with Crippen LogP contribution < -0.4 is 11.3 Å². The first kappa shape index (κ1) is 18.5. The van der Waals surface area contributed by atoms with E-state index in [2.05, 4.69) is 11.6 Å². The summed E-state index contributed by atoms with van der Waals surface area (Å²) in [5, 5.41) is 2.85. The van der Waals surface area contributed by atoms with Crippen LogP contribution in [0.3, 0.4) is 0 Å². The second-order valence-corrected chi connectivity index (χ2v) is 7.90. The van der Waals surface area contributed by atoms with Gasteiger partial charge in [0.15, 0.2) is 16.5 Å². The van der Waals surface area contributed by atoms with Gasteiger partial charge >= 0.3 is 5.76 Å². The van der Waals surface area contributed by atoms with E-state index >= 15 is 0 Å². The summed E-state index contributed by atoms with van der Waals surface area (Å²) in [6.07, 6.45) is 1.62. The van der Waals surface area contributed by atoms with E-state index < -0.39 is 5.76 Å². The van der Waals surface area contributed by atoms with Gasteiger partial charge in [-0.2, -0.15) is 0 Å². The standard InChI is InChI=1S/C19H15N3O4S2/c1-3-7-22-17(24)12-6-8-27-16(12)20-18(22)28-10-14(23)11-4-5-13-15(9-11)26-19(25)21(13)2/h3-6,8-9H,1,7,10H2,2H3. The van der Waals surface area contributed by atoms with Gasteiger partial charge in [0.25, 0.3) is 5.56 Å². The molecule has 0 amide bonds. The average Bonchev–Trinajstić information content (AvgIpc) is 3.27. The minimum Gasteiger partial charge on any atom is -0.408 e. The number of hydrogen-bond donors (Lipinski definition) is 0. The fourth-order valence-electron chi connectivity index (χ4n) is 2.85. The number of carbonyl (C=O) groups excluding carboxylic acids is 1. The van der Waals surface area contributed by atoms with E-state index in [4.69, 9.17) is 4.42 Å². The molecule has 0 fully saturated rings. The molecular formula is C19H15N3O4S2. The van der Waals surface area contributed by atoms with Gasteiger partial charge in [-0.25, -0.2) is 9.78 Å². The number of aryl methyl sites for hydroxylation is 1. The van der Waals surface area contributed by atoms with E-state index in [0.29, 0.717) is 38.6 Å². The Balaban J connectivity index is 1.63. The fraction of sp³-hybridized carbons (Fsp3) is 0.158. The van der Waals surface area contributed by atoms with Gasteiger partial charge in [-0.3, -0.25) is 18.7 Å². The molecule has 4 aromatic rings. The number of allylic oxidation sites excluding steroid dienone is 1. The lowest BCUT2D eigenvalue weighted by atomic mass is 10.1. The van der Waals surface area contributed by atoms with Crippen LogP contribution in [-0.2, 0) is 13.6 Å². The smallest absolute Gasteiger partial charge is 0.408 e. The Morgan fingerprint density at radius 3 is 2.96 bits per heavy atom. The maximum Gasteiger partial charge on any atom is 0.419 e. The lowest BCUT2D eigenvalue weighted by Crippen LogP contribution is -2.22. The summed E-state index contributed by atoms with van der Waals surface area (Å²) in [6, 6.07) is 6.65. The van der Waals surface area contributed by atoms with Crippen LogP contribution in [-0.4, -0.2) is 25.7 Å². The van der Waals surface area contributed by atoms with E-state index in [0.717, 1.165) is 0 Å². The average molecular weight is 413 g/mol. The first-order valence-electron chi connectivity index (χ1n) is 8.34. The maximum absolute atomic E-state index is 12.6. The van der Waals surface area contributed by atoms with Gasteiger partial charge in [0.1, 0.15) is 4.83 Å². The number of aromatic nitrogens is 3. The molecule has 142 valence electrons. The number of thiophene rings is 1. The van der Waals surface area contributed by atoms with Crippen LogP contribution in [0, 0.1) is 0 Å². The summed E-state index contributed by atoms with van der Waals surface area (Å²) < 4.78 is 8.03. The maximum atomic E-state index is 12.6. The van der Waals surface area contributed by atoms with Crippen molar-refractivity contribution >= 4 is 50.2 Å². The number of ketones is 1. The summed E-state index contributed by atoms with van der Waals surface area (Å²) in [7, 11) is 1.61. The van der Waals surface area contributed by atoms with Crippen molar-refractivity contribution < 1.29 is 9.21 Å². The molecule has 9 heteroatoms. The predicted octanol–water partition coefficient (Wildman–Crippen LogP) is 3.06. The van der Waals surface area contributed by atoms with E-state index in [1.165, 1.54) is 32.2 Å². The highest BCUT2D eigenvalue weighted by Crippen LogP contribution is 2.23. The number of hydrogen-bond acceptors (Lipinski definition) is 7. The van der Waals surface area contributed by atoms with Crippen molar-refractivity contribution in [3.8, 4) is 0 Å². The normalized spacial score (nSPS) is 11.3. The minimum absolute atomic E-state index is 0.100. The number of rotatable bonds is 6. The molecule has 28 heavy (non-hydrogen) atoms. The Morgan fingerprint density at radius 2 is 2.18 bits per heavy atom. The van der Waals surface area contributed by atoms with Gasteiger partial charge in [0.2, 0.25) is 0 Å². The second kappa shape index (κ2) is 7.25. The van der Waals surface area contributed by atoms with Crippen molar-refractivity contribution in [2.75, 3.05) is 5.75 Å². The Labute approximate surface area is 166 Å². The molecule has 3 aromatic heterocycles. The lowest BCUT2D eigenvalue weighted by Gasteiger charge is -2.09. The zero-order chi connectivity index (χ0) is 19.8. The number of fused-ring (bicyclic) bond motifs is 2. The first-order valence-corrected chi connectivity index (χ1v) is 10.2. The highest BCUT2D eigenvalue weighted by molar-refractivity contribution is 7.99. The molecule has 0 saturated carbocycles. The zero-order valence-corrected chi connectivity index (χ0v) is 16.5. The van der Waals surface area contributed by atoms with Gasteiger partial charge in [0, 0.05) is 19.2 Å². The van der Waals surface area contributed by atoms with Crippen molar-refractivity contribution in [2.24, 2.45) is 7.05 Å². The Bertz CT molecular complexity index is 1340. The Kier molecular flexibility index (Phi) is 4.78. The number of carbonyl (C=O) groups is 1. The summed E-state index contributed by atoms with van der Waals surface area (Å²) in [5.74, 6) is -0.525. The molecule has 3 heterocycles. The molecule has 0 radical (unpaired) electrons. The van der Waals surface area contributed by atoms with E-state index in [-0.39, 0.29) is 17.1 Å². The SMILES string of the molecule is C=CCn1c(SCC(=O)c2ccc3c(c2)oc(=O)n3C)nc2sccc2c1=O. The van der Waals surface area contributed by atoms with E-state index in [9.17, 15) is 14.4 Å². The second-order valence-electron chi connectivity index (χ2n) is 6.06. The summed E-state index contributed by atoms with van der Waals surface area (Å²) in [5.41, 5.74) is 1.28. The van der Waals surface area contributed by atoms with Crippen LogP contribution in [0.2, 0.25) is 0 Å². The Hall–Kier alpha value is -2.91. The molecule has 0 spiro atoms. The number of Topliss-reactive ketones (excluding diaryl/α,β-unsaturated/α-hetero) is 1. The molecule has 0 aliphatic heterocycles. The topological polar surface area (TPSA) is 87.1 Å². The van der Waals surface area contributed by atoms with Crippen LogP contribution in [0.4, 0.5) is 0 Å². The van der Waals surface area contributed by atoms with Crippen LogP contribution in [0.1, 0.15) is 10.4 Å². The third kappa shape index (κ3) is 3.12. The molecular weight excluding hydrogens is 398 g/mol. The van der Waals surface area contributed by atoms with Gasteiger partial charge in [-0.05, 0) is 29.6 Å². The molecule has 0 N–H and O–H groups in total. The van der Waals surface area contributed by atoms with Crippen molar-refractivity contribution in [1.82, 2.24) is 14.1 Å². The highest BCUT2D eigenvalue weighted by Gasteiger charge is 2.15. The summed E-state index contributed by atoms with van der Waals surface area (Å²) >= 11 is 2.59. The van der Waals surface area contributed by atoms with E-state index in [1.807, 2.05) is 5.38 Å². The van der Waals surface area contributed by atoms with E-state index in [1.54, 1.807) is 37.4 Å². The Morgan fingerprint density at radius 1 is 1.36 bits per heavy atom. The fourth-order valence-corrected chi connectivity index (χ4v) is 4.56. The van der Waals surface area contributed by atoms with Crippen LogP contribution >= 0.6 is 23.1 Å². The molecule has 0 saturated heterocycles. The molecule has 0 unspecified atom stereocenters. The highest BCUT2D eigenvalue weighted by atomic mass is 32.2.